The summed E-state index contributed by atoms with van der Waals surface area (Å²) in [6.07, 6.45) is 1.98. The standard InChI is InChI=1S/C8H22O2Si3/c1-6-7-11-8(9-12(2)3)10-13(4)5/h6,8,12-13H,1,7,11H2,2-5H3. The van der Waals surface area contributed by atoms with Crippen molar-refractivity contribution in [3.05, 3.63) is 12.7 Å². The van der Waals surface area contributed by atoms with Gasteiger partial charge in [-0.2, -0.15) is 0 Å². The van der Waals surface area contributed by atoms with Crippen molar-refractivity contribution in [2.24, 2.45) is 0 Å². The maximum Gasteiger partial charge on any atom is 0.173 e. The molecule has 0 amide bonds. The van der Waals surface area contributed by atoms with Crippen LogP contribution in [-0.4, -0.2) is 33.5 Å². The van der Waals surface area contributed by atoms with Crippen LogP contribution in [0.25, 0.3) is 0 Å². The molecule has 0 aliphatic carbocycles. The zero-order chi connectivity index (χ0) is 10.3. The Morgan fingerprint density at radius 3 is 2.00 bits per heavy atom. The largest absolute Gasteiger partial charge is 0.401 e. The molecule has 5 heteroatoms. The smallest absolute Gasteiger partial charge is 0.173 e. The van der Waals surface area contributed by atoms with Crippen LogP contribution in [0.1, 0.15) is 0 Å². The molecule has 0 aliphatic rings. The summed E-state index contributed by atoms with van der Waals surface area (Å²) in [4.78, 5) is 0. The zero-order valence-electron chi connectivity index (χ0n) is 9.25. The van der Waals surface area contributed by atoms with Gasteiger partial charge in [-0.25, -0.2) is 0 Å². The molecule has 0 saturated heterocycles. The van der Waals surface area contributed by atoms with Crippen LogP contribution >= 0.6 is 0 Å². The van der Waals surface area contributed by atoms with E-state index in [2.05, 4.69) is 32.8 Å². The van der Waals surface area contributed by atoms with Gasteiger partial charge in [-0.1, -0.05) is 6.08 Å². The Balaban J connectivity index is 3.79. The molecule has 2 nitrogen and oxygen atoms in total. The molecule has 0 atom stereocenters. The molecule has 78 valence electrons. The van der Waals surface area contributed by atoms with Gasteiger partial charge in [0.15, 0.2) is 18.1 Å². The number of rotatable bonds is 7. The maximum absolute atomic E-state index is 5.83. The molecule has 0 aliphatic heterocycles. The van der Waals surface area contributed by atoms with Crippen molar-refractivity contribution in [3.63, 3.8) is 0 Å². The van der Waals surface area contributed by atoms with Crippen LogP contribution < -0.4 is 0 Å². The molecule has 0 N–H and O–H groups in total. The first-order chi connectivity index (χ1) is 6.06. The highest BCUT2D eigenvalue weighted by Crippen LogP contribution is 2.01. The molecule has 0 saturated carbocycles. The van der Waals surface area contributed by atoms with Crippen LogP contribution in [0.3, 0.4) is 0 Å². The van der Waals surface area contributed by atoms with Crippen LogP contribution in [0, 0.1) is 0 Å². The van der Waals surface area contributed by atoms with Crippen LogP contribution in [0.2, 0.25) is 32.2 Å². The maximum atomic E-state index is 5.83. The molecule has 0 unspecified atom stereocenters. The molecule has 0 radical (unpaired) electrons. The quantitative estimate of drug-likeness (QED) is 0.372. The summed E-state index contributed by atoms with van der Waals surface area (Å²) >= 11 is 0. The van der Waals surface area contributed by atoms with E-state index < -0.39 is 18.1 Å². The van der Waals surface area contributed by atoms with Gasteiger partial charge < -0.3 is 8.85 Å². The third-order valence-electron chi connectivity index (χ3n) is 1.45. The minimum Gasteiger partial charge on any atom is -0.401 e. The second kappa shape index (κ2) is 7.69. The second-order valence-corrected chi connectivity index (χ2v) is 10.2. The third kappa shape index (κ3) is 8.64. The summed E-state index contributed by atoms with van der Waals surface area (Å²) in [6.45, 7) is 12.5. The fourth-order valence-electron chi connectivity index (χ4n) is 1.03. The first kappa shape index (κ1) is 13.3. The average Bonchev–Trinajstić information content (AvgIpc) is 1.98. The Morgan fingerprint density at radius 1 is 1.23 bits per heavy atom. The van der Waals surface area contributed by atoms with Crippen LogP contribution in [-0.2, 0) is 8.85 Å². The van der Waals surface area contributed by atoms with Gasteiger partial charge in [0.1, 0.15) is 5.91 Å². The summed E-state index contributed by atoms with van der Waals surface area (Å²) < 4.78 is 11.7. The molecule has 0 aromatic carbocycles. The van der Waals surface area contributed by atoms with Crippen molar-refractivity contribution in [2.45, 2.75) is 38.1 Å². The van der Waals surface area contributed by atoms with Crippen molar-refractivity contribution in [1.29, 1.82) is 0 Å². The van der Waals surface area contributed by atoms with E-state index in [0.29, 0.717) is 0 Å². The normalized spacial score (nSPS) is 12.5. The monoisotopic (exact) mass is 234 g/mol. The highest BCUT2D eigenvalue weighted by atomic mass is 28.3. The molecular weight excluding hydrogens is 212 g/mol. The average molecular weight is 235 g/mol. The van der Waals surface area contributed by atoms with E-state index in [9.17, 15) is 0 Å². The van der Waals surface area contributed by atoms with Gasteiger partial charge in [-0.15, -0.1) is 6.58 Å². The van der Waals surface area contributed by atoms with Crippen LogP contribution in [0.4, 0.5) is 0 Å². The van der Waals surface area contributed by atoms with E-state index >= 15 is 0 Å². The van der Waals surface area contributed by atoms with Crippen molar-refractivity contribution in [3.8, 4) is 0 Å². The van der Waals surface area contributed by atoms with E-state index in [-0.39, 0.29) is 15.4 Å². The molecule has 0 rings (SSSR count). The SMILES string of the molecule is C=CC[SiH2]C(O[SiH](C)C)O[SiH](C)C. The van der Waals surface area contributed by atoms with Crippen molar-refractivity contribution >= 4 is 27.6 Å². The summed E-state index contributed by atoms with van der Waals surface area (Å²) in [5.74, 6) is 0.177. The molecule has 0 aromatic rings. The Hall–Kier alpha value is 0.311. The highest BCUT2D eigenvalue weighted by Gasteiger charge is 2.12. The molecular formula is C8H22O2Si3. The van der Waals surface area contributed by atoms with Gasteiger partial charge in [0.05, 0.1) is 9.52 Å². The predicted octanol–water partition coefficient (Wildman–Crippen LogP) is 1.04. The van der Waals surface area contributed by atoms with E-state index in [1.807, 2.05) is 6.08 Å². The van der Waals surface area contributed by atoms with E-state index in [0.717, 1.165) is 6.04 Å². The van der Waals surface area contributed by atoms with Crippen molar-refractivity contribution in [2.75, 3.05) is 0 Å². The lowest BCUT2D eigenvalue weighted by molar-refractivity contribution is 0.0728. The number of hydrogen-bond acceptors (Lipinski definition) is 2. The van der Waals surface area contributed by atoms with Crippen molar-refractivity contribution < 1.29 is 8.85 Å². The Labute approximate surface area is 87.6 Å². The molecule has 13 heavy (non-hydrogen) atoms. The summed E-state index contributed by atoms with van der Waals surface area (Å²) in [7, 11) is -2.12. The number of hydrogen-bond donors (Lipinski definition) is 0. The second-order valence-electron chi connectivity index (χ2n) is 3.67. The van der Waals surface area contributed by atoms with Gasteiger partial charge in [-0.3, -0.25) is 0 Å². The summed E-state index contributed by atoms with van der Waals surface area (Å²) in [5.41, 5.74) is 0. The number of allylic oxidation sites excluding steroid dienone is 1. The lowest BCUT2D eigenvalue weighted by Crippen LogP contribution is -2.32. The Morgan fingerprint density at radius 2 is 1.69 bits per heavy atom. The molecule has 0 fully saturated rings. The topological polar surface area (TPSA) is 18.5 Å². The fourth-order valence-corrected chi connectivity index (χ4v) is 6.41. The summed E-state index contributed by atoms with van der Waals surface area (Å²) in [5, 5.41) is 0. The van der Waals surface area contributed by atoms with Gasteiger partial charge in [0.2, 0.25) is 0 Å². The van der Waals surface area contributed by atoms with Crippen LogP contribution in [0.5, 0.6) is 0 Å². The first-order valence-electron chi connectivity index (χ1n) is 4.98. The summed E-state index contributed by atoms with van der Waals surface area (Å²) in [6, 6.07) is 1.12. The lowest BCUT2D eigenvalue weighted by Gasteiger charge is -2.22. The first-order valence-corrected chi connectivity index (χ1v) is 12.4. The predicted molar refractivity (Wildman–Crippen MR) is 67.3 cm³/mol. The third-order valence-corrected chi connectivity index (χ3v) is 5.52. The van der Waals surface area contributed by atoms with Gasteiger partial charge in [0, 0.05) is 0 Å². The van der Waals surface area contributed by atoms with Gasteiger partial charge in [-0.05, 0) is 32.2 Å². The molecule has 0 aromatic heterocycles. The zero-order valence-corrected chi connectivity index (χ0v) is 13.0. The van der Waals surface area contributed by atoms with E-state index in [4.69, 9.17) is 8.85 Å². The lowest BCUT2D eigenvalue weighted by atomic mass is 10.8. The molecule has 0 spiro atoms. The van der Waals surface area contributed by atoms with Crippen molar-refractivity contribution in [1.82, 2.24) is 0 Å². The van der Waals surface area contributed by atoms with E-state index in [1.165, 1.54) is 0 Å². The Bertz CT molecular complexity index is 129. The fraction of sp³-hybridized carbons (Fsp3) is 0.750. The van der Waals surface area contributed by atoms with E-state index in [1.54, 1.807) is 0 Å². The van der Waals surface area contributed by atoms with Gasteiger partial charge >= 0.3 is 0 Å². The minimum atomic E-state index is -0.932. The minimum absolute atomic E-state index is 0.177. The Kier molecular flexibility index (Phi) is 7.87. The van der Waals surface area contributed by atoms with Crippen LogP contribution in [0.15, 0.2) is 12.7 Å². The highest BCUT2D eigenvalue weighted by molar-refractivity contribution is 6.52. The van der Waals surface area contributed by atoms with Gasteiger partial charge in [0.25, 0.3) is 0 Å². The molecule has 0 bridgehead atoms. The molecule has 0 heterocycles.